The van der Waals surface area contributed by atoms with Gasteiger partial charge in [0.25, 0.3) is 10.0 Å². The molecule has 9 heteroatoms. The Balaban J connectivity index is 2.18. The van der Waals surface area contributed by atoms with Crippen molar-refractivity contribution >= 4 is 21.8 Å². The lowest BCUT2D eigenvalue weighted by Crippen LogP contribution is -2.13. The Morgan fingerprint density at radius 3 is 2.60 bits per heavy atom. The number of hydrogen-bond donors (Lipinski definition) is 2. The van der Waals surface area contributed by atoms with Crippen LogP contribution in [0.15, 0.2) is 35.4 Å². The SMILES string of the molecule is Cc1ccc(S(=O)(=O)Nc2cn(CC(=O)O)nn2)cc1. The van der Waals surface area contributed by atoms with Gasteiger partial charge in [-0.25, -0.2) is 13.1 Å². The van der Waals surface area contributed by atoms with Gasteiger partial charge in [-0.3, -0.25) is 9.52 Å². The summed E-state index contributed by atoms with van der Waals surface area (Å²) >= 11 is 0. The molecule has 0 bridgehead atoms. The van der Waals surface area contributed by atoms with E-state index in [0.717, 1.165) is 10.2 Å². The molecule has 0 aliphatic rings. The van der Waals surface area contributed by atoms with Crippen LogP contribution in [0.4, 0.5) is 5.82 Å². The molecule has 0 amide bonds. The monoisotopic (exact) mass is 296 g/mol. The summed E-state index contributed by atoms with van der Waals surface area (Å²) < 4.78 is 27.3. The van der Waals surface area contributed by atoms with Crippen LogP contribution in [0, 0.1) is 6.92 Å². The van der Waals surface area contributed by atoms with Crippen LogP contribution in [0.2, 0.25) is 0 Å². The maximum atomic E-state index is 12.0. The highest BCUT2D eigenvalue weighted by atomic mass is 32.2. The van der Waals surface area contributed by atoms with Crippen LogP contribution >= 0.6 is 0 Å². The normalized spacial score (nSPS) is 11.2. The van der Waals surface area contributed by atoms with Crippen LogP contribution in [0.1, 0.15) is 5.56 Å². The average molecular weight is 296 g/mol. The molecule has 0 fully saturated rings. The van der Waals surface area contributed by atoms with Crippen LogP contribution in [-0.2, 0) is 21.4 Å². The summed E-state index contributed by atoms with van der Waals surface area (Å²) in [4.78, 5) is 10.6. The maximum Gasteiger partial charge on any atom is 0.325 e. The molecule has 0 spiro atoms. The van der Waals surface area contributed by atoms with Gasteiger partial charge in [0.05, 0.1) is 11.1 Å². The Labute approximate surface area is 115 Å². The Hall–Kier alpha value is -2.42. The number of carboxylic acid groups (broad SMARTS) is 1. The van der Waals surface area contributed by atoms with Crippen LogP contribution < -0.4 is 4.72 Å². The summed E-state index contributed by atoms with van der Waals surface area (Å²) in [7, 11) is -3.76. The van der Waals surface area contributed by atoms with Crippen molar-refractivity contribution < 1.29 is 18.3 Å². The zero-order valence-corrected chi connectivity index (χ0v) is 11.3. The Morgan fingerprint density at radius 1 is 1.35 bits per heavy atom. The molecule has 2 aromatic rings. The molecule has 0 saturated heterocycles. The number of aryl methyl sites for hydroxylation is 1. The summed E-state index contributed by atoms with van der Waals surface area (Å²) in [6.45, 7) is 1.46. The summed E-state index contributed by atoms with van der Waals surface area (Å²) in [5.41, 5.74) is 0.941. The summed E-state index contributed by atoms with van der Waals surface area (Å²) in [5, 5.41) is 15.6. The first-order chi connectivity index (χ1) is 9.37. The number of aliphatic carboxylic acids is 1. The van der Waals surface area contributed by atoms with Gasteiger partial charge in [-0.2, -0.15) is 0 Å². The second-order valence-electron chi connectivity index (χ2n) is 4.11. The first kappa shape index (κ1) is 14.0. The second kappa shape index (κ2) is 5.29. The van der Waals surface area contributed by atoms with Gasteiger partial charge >= 0.3 is 5.97 Å². The van der Waals surface area contributed by atoms with Gasteiger partial charge in [0.15, 0.2) is 5.82 Å². The molecule has 2 N–H and O–H groups in total. The van der Waals surface area contributed by atoms with Crippen molar-refractivity contribution in [1.29, 1.82) is 0 Å². The fourth-order valence-corrected chi connectivity index (χ4v) is 2.46. The van der Waals surface area contributed by atoms with Crippen molar-refractivity contribution in [3.8, 4) is 0 Å². The van der Waals surface area contributed by atoms with E-state index < -0.39 is 16.0 Å². The molecule has 0 aliphatic heterocycles. The molecule has 0 saturated carbocycles. The molecule has 20 heavy (non-hydrogen) atoms. The Kier molecular flexibility index (Phi) is 3.70. The van der Waals surface area contributed by atoms with Crippen molar-refractivity contribution in [2.24, 2.45) is 0 Å². The van der Waals surface area contributed by atoms with E-state index in [4.69, 9.17) is 5.11 Å². The van der Waals surface area contributed by atoms with Crippen molar-refractivity contribution in [1.82, 2.24) is 15.0 Å². The third-order valence-electron chi connectivity index (χ3n) is 2.41. The minimum absolute atomic E-state index is 0.0353. The number of nitrogens with one attached hydrogen (secondary N) is 1. The summed E-state index contributed by atoms with van der Waals surface area (Å²) in [6, 6.07) is 6.30. The minimum Gasteiger partial charge on any atom is -0.480 e. The van der Waals surface area contributed by atoms with Crippen LogP contribution in [0.25, 0.3) is 0 Å². The quantitative estimate of drug-likeness (QED) is 0.829. The van der Waals surface area contributed by atoms with Crippen LogP contribution in [-0.4, -0.2) is 34.5 Å². The van der Waals surface area contributed by atoms with E-state index >= 15 is 0 Å². The van der Waals surface area contributed by atoms with E-state index in [1.54, 1.807) is 12.1 Å². The number of sulfonamides is 1. The van der Waals surface area contributed by atoms with Gasteiger partial charge in [0.2, 0.25) is 0 Å². The molecular weight excluding hydrogens is 284 g/mol. The largest absolute Gasteiger partial charge is 0.480 e. The fourth-order valence-electron chi connectivity index (χ4n) is 1.48. The van der Waals surface area contributed by atoms with E-state index in [-0.39, 0.29) is 17.3 Å². The average Bonchev–Trinajstić information content (AvgIpc) is 2.75. The van der Waals surface area contributed by atoms with Gasteiger partial charge in [0.1, 0.15) is 6.54 Å². The van der Waals surface area contributed by atoms with E-state index in [1.807, 2.05) is 6.92 Å². The zero-order chi connectivity index (χ0) is 14.8. The number of rotatable bonds is 5. The smallest absolute Gasteiger partial charge is 0.325 e. The molecule has 1 aromatic heterocycles. The van der Waals surface area contributed by atoms with Gasteiger partial charge < -0.3 is 5.11 Å². The summed E-state index contributed by atoms with van der Waals surface area (Å²) in [6.07, 6.45) is 1.21. The molecule has 0 radical (unpaired) electrons. The Morgan fingerprint density at radius 2 is 2.00 bits per heavy atom. The number of aromatic nitrogens is 3. The molecule has 1 heterocycles. The Bertz CT molecular complexity index is 721. The third-order valence-corrected chi connectivity index (χ3v) is 3.78. The fraction of sp³-hybridized carbons (Fsp3) is 0.182. The van der Waals surface area contributed by atoms with Gasteiger partial charge in [-0.15, -0.1) is 5.10 Å². The minimum atomic E-state index is -3.76. The lowest BCUT2D eigenvalue weighted by atomic mass is 10.2. The zero-order valence-electron chi connectivity index (χ0n) is 10.5. The first-order valence-electron chi connectivity index (χ1n) is 5.58. The second-order valence-corrected chi connectivity index (χ2v) is 5.80. The number of hydrogen-bond acceptors (Lipinski definition) is 5. The topological polar surface area (TPSA) is 114 Å². The highest BCUT2D eigenvalue weighted by Crippen LogP contribution is 2.14. The first-order valence-corrected chi connectivity index (χ1v) is 7.06. The highest BCUT2D eigenvalue weighted by molar-refractivity contribution is 7.92. The number of carboxylic acids is 1. The van der Waals surface area contributed by atoms with Gasteiger partial charge in [-0.05, 0) is 19.1 Å². The van der Waals surface area contributed by atoms with E-state index in [9.17, 15) is 13.2 Å². The van der Waals surface area contributed by atoms with Crippen molar-refractivity contribution in [2.75, 3.05) is 4.72 Å². The van der Waals surface area contributed by atoms with Crippen LogP contribution in [0.5, 0.6) is 0 Å². The number of carbonyl (C=O) groups is 1. The molecule has 0 atom stereocenters. The lowest BCUT2D eigenvalue weighted by Gasteiger charge is -2.04. The number of nitrogens with zero attached hydrogens (tertiary/aromatic N) is 3. The van der Waals surface area contributed by atoms with Crippen LogP contribution in [0.3, 0.4) is 0 Å². The molecule has 0 unspecified atom stereocenters. The molecular formula is C11H12N4O4S. The van der Waals surface area contributed by atoms with Gasteiger partial charge in [0, 0.05) is 0 Å². The number of benzene rings is 1. The van der Waals surface area contributed by atoms with Crippen molar-refractivity contribution in [3.05, 3.63) is 36.0 Å². The lowest BCUT2D eigenvalue weighted by molar-refractivity contribution is -0.137. The van der Waals surface area contributed by atoms with Crippen molar-refractivity contribution in [3.63, 3.8) is 0 Å². The number of anilines is 1. The molecule has 106 valence electrons. The molecule has 1 aromatic carbocycles. The van der Waals surface area contributed by atoms with Gasteiger partial charge in [-0.1, -0.05) is 22.9 Å². The standard InChI is InChI=1S/C11H12N4O4S/c1-8-2-4-9(5-3-8)20(18,19)13-10-6-15(14-12-10)7-11(16)17/h2-6,13H,7H2,1H3,(H,16,17). The maximum absolute atomic E-state index is 12.0. The highest BCUT2D eigenvalue weighted by Gasteiger charge is 2.16. The van der Waals surface area contributed by atoms with Crippen molar-refractivity contribution in [2.45, 2.75) is 18.4 Å². The van der Waals surface area contributed by atoms with E-state index in [2.05, 4.69) is 15.0 Å². The summed E-state index contributed by atoms with van der Waals surface area (Å²) in [5.74, 6) is -1.13. The van der Waals surface area contributed by atoms with E-state index in [1.165, 1.54) is 18.3 Å². The predicted octanol–water partition coefficient (Wildman–Crippen LogP) is 0.472. The molecule has 8 nitrogen and oxygen atoms in total. The molecule has 0 aliphatic carbocycles. The third kappa shape index (κ3) is 3.32. The molecule has 2 rings (SSSR count). The van der Waals surface area contributed by atoms with E-state index in [0.29, 0.717) is 0 Å². The predicted molar refractivity (Wildman–Crippen MR) is 69.6 cm³/mol.